The van der Waals surface area contributed by atoms with Crippen LogP contribution < -0.4 is 10.1 Å². The summed E-state index contributed by atoms with van der Waals surface area (Å²) in [4.78, 5) is 4.14. The molecule has 0 aliphatic carbocycles. The van der Waals surface area contributed by atoms with Gasteiger partial charge in [-0.1, -0.05) is 12.1 Å². The van der Waals surface area contributed by atoms with Crippen LogP contribution in [0.1, 0.15) is 12.5 Å². The number of benzene rings is 1. The van der Waals surface area contributed by atoms with Crippen molar-refractivity contribution in [2.75, 3.05) is 11.9 Å². The first-order valence-electron chi connectivity index (χ1n) is 5.84. The molecule has 0 saturated carbocycles. The van der Waals surface area contributed by atoms with Crippen molar-refractivity contribution in [3.8, 4) is 5.75 Å². The molecule has 1 N–H and O–H groups in total. The van der Waals surface area contributed by atoms with Gasteiger partial charge in [-0.2, -0.15) is 0 Å². The van der Waals surface area contributed by atoms with E-state index in [-0.39, 0.29) is 0 Å². The Bertz CT molecular complexity index is 517. The Labute approximate surface area is 115 Å². The van der Waals surface area contributed by atoms with E-state index < -0.39 is 0 Å². The molecule has 0 saturated heterocycles. The number of para-hydroxylation sites is 2. The number of hydrogen-bond donors (Lipinski definition) is 1. The molecule has 0 unspecified atom stereocenters. The Balaban J connectivity index is 2.06. The van der Waals surface area contributed by atoms with Gasteiger partial charge in [-0.25, -0.2) is 0 Å². The molecule has 1 aromatic carbocycles. The largest absolute Gasteiger partial charge is 0.492 e. The summed E-state index contributed by atoms with van der Waals surface area (Å²) in [5.41, 5.74) is 2.12. The van der Waals surface area contributed by atoms with Crippen LogP contribution in [0.2, 0.25) is 0 Å². The third-order valence-corrected chi connectivity index (χ3v) is 2.87. The smallest absolute Gasteiger partial charge is 0.142 e. The van der Waals surface area contributed by atoms with Crippen LogP contribution in [-0.4, -0.2) is 11.6 Å². The molecule has 2 aromatic rings. The highest BCUT2D eigenvalue weighted by molar-refractivity contribution is 9.10. The lowest BCUT2D eigenvalue weighted by Gasteiger charge is -2.12. The van der Waals surface area contributed by atoms with Crippen molar-refractivity contribution in [1.29, 1.82) is 0 Å². The van der Waals surface area contributed by atoms with Gasteiger partial charge in [0.25, 0.3) is 0 Å². The molecular formula is C14H15BrN2O. The zero-order valence-corrected chi connectivity index (χ0v) is 11.8. The molecular weight excluding hydrogens is 292 g/mol. The molecule has 0 atom stereocenters. The van der Waals surface area contributed by atoms with E-state index in [4.69, 9.17) is 4.74 Å². The predicted molar refractivity (Wildman–Crippen MR) is 76.9 cm³/mol. The van der Waals surface area contributed by atoms with Crippen LogP contribution in [0.5, 0.6) is 5.75 Å². The van der Waals surface area contributed by atoms with E-state index in [1.165, 1.54) is 0 Å². The van der Waals surface area contributed by atoms with E-state index in [1.54, 1.807) is 6.20 Å². The zero-order chi connectivity index (χ0) is 12.8. The second-order valence-electron chi connectivity index (χ2n) is 3.79. The van der Waals surface area contributed by atoms with Gasteiger partial charge < -0.3 is 10.1 Å². The summed E-state index contributed by atoms with van der Waals surface area (Å²) in [6.07, 6.45) is 3.62. The third-order valence-electron chi connectivity index (χ3n) is 2.43. The van der Waals surface area contributed by atoms with Crippen LogP contribution in [0.25, 0.3) is 0 Å². The summed E-state index contributed by atoms with van der Waals surface area (Å²) in [5, 5.41) is 3.36. The Kier molecular flexibility index (Phi) is 4.59. The molecule has 0 aliphatic heterocycles. The quantitative estimate of drug-likeness (QED) is 0.911. The lowest BCUT2D eigenvalue weighted by atomic mass is 10.2. The predicted octanol–water partition coefficient (Wildman–Crippen LogP) is 3.85. The average Bonchev–Trinajstić information content (AvgIpc) is 2.38. The fraction of sp³-hybridized carbons (Fsp3) is 0.214. The molecule has 1 aromatic heterocycles. The van der Waals surface area contributed by atoms with Crippen molar-refractivity contribution < 1.29 is 4.74 Å². The van der Waals surface area contributed by atoms with Gasteiger partial charge in [0, 0.05) is 23.4 Å². The molecule has 3 nitrogen and oxygen atoms in total. The maximum atomic E-state index is 5.56. The molecule has 0 amide bonds. The molecule has 18 heavy (non-hydrogen) atoms. The number of aromatic nitrogens is 1. The highest BCUT2D eigenvalue weighted by Gasteiger charge is 2.02. The number of ether oxygens (including phenoxy) is 1. The highest BCUT2D eigenvalue weighted by Crippen LogP contribution is 2.24. The number of nitrogens with one attached hydrogen (secondary N) is 1. The standard InChI is InChI=1S/C14H15BrN2O/c1-2-18-14-6-4-3-5-13(14)17-9-11-7-12(15)10-16-8-11/h3-8,10,17H,2,9H2,1H3. The molecule has 4 heteroatoms. The van der Waals surface area contributed by atoms with Gasteiger partial charge in [0.2, 0.25) is 0 Å². The van der Waals surface area contributed by atoms with Crippen LogP contribution >= 0.6 is 15.9 Å². The maximum Gasteiger partial charge on any atom is 0.142 e. The average molecular weight is 307 g/mol. The van der Waals surface area contributed by atoms with Crippen LogP contribution in [0.3, 0.4) is 0 Å². The third kappa shape index (κ3) is 3.47. The van der Waals surface area contributed by atoms with Crippen LogP contribution in [-0.2, 0) is 6.54 Å². The van der Waals surface area contributed by atoms with Gasteiger partial charge in [0.1, 0.15) is 5.75 Å². The number of hydrogen-bond acceptors (Lipinski definition) is 3. The van der Waals surface area contributed by atoms with Crippen molar-refractivity contribution >= 4 is 21.6 Å². The SMILES string of the molecule is CCOc1ccccc1NCc1cncc(Br)c1. The summed E-state index contributed by atoms with van der Waals surface area (Å²) in [6, 6.07) is 9.98. The van der Waals surface area contributed by atoms with Crippen LogP contribution in [0.4, 0.5) is 5.69 Å². The van der Waals surface area contributed by atoms with Crippen LogP contribution in [0.15, 0.2) is 47.2 Å². The van der Waals surface area contributed by atoms with E-state index in [0.29, 0.717) is 6.61 Å². The van der Waals surface area contributed by atoms with E-state index in [0.717, 1.165) is 28.0 Å². The van der Waals surface area contributed by atoms with Crippen molar-refractivity contribution in [3.05, 3.63) is 52.8 Å². The summed E-state index contributed by atoms with van der Waals surface area (Å²) in [5.74, 6) is 0.878. The molecule has 0 fully saturated rings. The minimum absolute atomic E-state index is 0.664. The van der Waals surface area contributed by atoms with Gasteiger partial charge in [0.15, 0.2) is 0 Å². The molecule has 0 spiro atoms. The zero-order valence-electron chi connectivity index (χ0n) is 10.2. The number of nitrogens with zero attached hydrogens (tertiary/aromatic N) is 1. The van der Waals surface area contributed by atoms with E-state index >= 15 is 0 Å². The summed E-state index contributed by atoms with van der Waals surface area (Å²) >= 11 is 3.41. The molecule has 0 radical (unpaired) electrons. The Morgan fingerprint density at radius 1 is 1.28 bits per heavy atom. The van der Waals surface area contributed by atoms with Gasteiger partial charge in [0.05, 0.1) is 12.3 Å². The van der Waals surface area contributed by atoms with Gasteiger partial charge >= 0.3 is 0 Å². The summed E-state index contributed by atoms with van der Waals surface area (Å²) in [7, 11) is 0. The summed E-state index contributed by atoms with van der Waals surface area (Å²) in [6.45, 7) is 3.36. The maximum absolute atomic E-state index is 5.56. The molecule has 0 aliphatic rings. The second kappa shape index (κ2) is 6.40. The molecule has 2 rings (SSSR count). The second-order valence-corrected chi connectivity index (χ2v) is 4.71. The van der Waals surface area contributed by atoms with Crippen molar-refractivity contribution in [2.45, 2.75) is 13.5 Å². The van der Waals surface area contributed by atoms with E-state index in [1.807, 2.05) is 43.5 Å². The van der Waals surface area contributed by atoms with E-state index in [2.05, 4.69) is 26.2 Å². The minimum Gasteiger partial charge on any atom is -0.492 e. The van der Waals surface area contributed by atoms with Crippen molar-refractivity contribution in [3.63, 3.8) is 0 Å². The molecule has 0 bridgehead atoms. The number of anilines is 1. The lowest BCUT2D eigenvalue weighted by molar-refractivity contribution is 0.341. The highest BCUT2D eigenvalue weighted by atomic mass is 79.9. The molecule has 94 valence electrons. The first-order valence-corrected chi connectivity index (χ1v) is 6.64. The van der Waals surface area contributed by atoms with E-state index in [9.17, 15) is 0 Å². The number of halogens is 1. The fourth-order valence-electron chi connectivity index (χ4n) is 1.64. The lowest BCUT2D eigenvalue weighted by Crippen LogP contribution is -2.02. The monoisotopic (exact) mass is 306 g/mol. The fourth-order valence-corrected chi connectivity index (χ4v) is 2.06. The first-order chi connectivity index (χ1) is 8.79. The Morgan fingerprint density at radius 2 is 2.11 bits per heavy atom. The Hall–Kier alpha value is -1.55. The Morgan fingerprint density at radius 3 is 2.89 bits per heavy atom. The summed E-state index contributed by atoms with van der Waals surface area (Å²) < 4.78 is 6.55. The first kappa shape index (κ1) is 12.9. The topological polar surface area (TPSA) is 34.1 Å². The normalized spacial score (nSPS) is 10.1. The van der Waals surface area contributed by atoms with Crippen molar-refractivity contribution in [1.82, 2.24) is 4.98 Å². The van der Waals surface area contributed by atoms with Gasteiger partial charge in [-0.15, -0.1) is 0 Å². The van der Waals surface area contributed by atoms with Gasteiger partial charge in [-0.05, 0) is 46.6 Å². The molecule has 1 heterocycles. The van der Waals surface area contributed by atoms with Crippen LogP contribution in [0, 0.1) is 0 Å². The van der Waals surface area contributed by atoms with Gasteiger partial charge in [-0.3, -0.25) is 4.98 Å². The number of rotatable bonds is 5. The minimum atomic E-state index is 0.664. The number of pyridine rings is 1. The van der Waals surface area contributed by atoms with Crippen molar-refractivity contribution in [2.24, 2.45) is 0 Å².